The largest absolute Gasteiger partial charge is 0.493 e. The number of pyridine rings is 1. The Kier molecular flexibility index (Phi) is 7.41. The lowest BCUT2D eigenvalue weighted by Gasteiger charge is -2.16. The van der Waals surface area contributed by atoms with Crippen LogP contribution in [0.4, 0.5) is 5.13 Å². The molecule has 3 aromatic heterocycles. The SMILES string of the molecule is CCN(CC)c1nc2sc(C(=O)NCc3ccc(OCc4ccncc4)c(OC)c3)cc2s1. The van der Waals surface area contributed by atoms with E-state index in [0.29, 0.717) is 29.5 Å². The van der Waals surface area contributed by atoms with Crippen LogP contribution in [-0.4, -0.2) is 36.1 Å². The van der Waals surface area contributed by atoms with Crippen molar-refractivity contribution in [2.45, 2.75) is 27.0 Å². The summed E-state index contributed by atoms with van der Waals surface area (Å²) in [5, 5.41) is 4.00. The summed E-state index contributed by atoms with van der Waals surface area (Å²) in [6.45, 7) is 6.89. The van der Waals surface area contributed by atoms with Crippen molar-refractivity contribution in [2.75, 3.05) is 25.1 Å². The number of nitrogens with zero attached hydrogens (tertiary/aromatic N) is 3. The second-order valence-corrected chi connectivity index (χ2v) is 9.30. The monoisotopic (exact) mass is 482 g/mol. The van der Waals surface area contributed by atoms with Crippen molar-refractivity contribution in [1.82, 2.24) is 15.3 Å². The number of fused-ring (bicyclic) bond motifs is 1. The molecule has 9 heteroatoms. The third-order valence-electron chi connectivity index (χ3n) is 5.16. The molecule has 0 unspecified atom stereocenters. The first-order valence-electron chi connectivity index (χ1n) is 10.7. The molecular formula is C24H26N4O3S2. The summed E-state index contributed by atoms with van der Waals surface area (Å²) in [5.74, 6) is 1.17. The normalized spacial score (nSPS) is 10.9. The highest BCUT2D eigenvalue weighted by Gasteiger charge is 2.16. The van der Waals surface area contributed by atoms with Gasteiger partial charge in [0.25, 0.3) is 5.91 Å². The topological polar surface area (TPSA) is 76.6 Å². The third-order valence-corrected chi connectivity index (χ3v) is 7.38. The molecule has 7 nitrogen and oxygen atoms in total. The first kappa shape index (κ1) is 23.0. The number of carbonyl (C=O) groups is 1. The molecule has 0 aliphatic rings. The van der Waals surface area contributed by atoms with Gasteiger partial charge < -0.3 is 19.7 Å². The molecule has 33 heavy (non-hydrogen) atoms. The number of amides is 1. The maximum Gasteiger partial charge on any atom is 0.261 e. The van der Waals surface area contributed by atoms with E-state index in [1.165, 1.54) is 11.3 Å². The van der Waals surface area contributed by atoms with Gasteiger partial charge in [0.15, 0.2) is 16.6 Å². The van der Waals surface area contributed by atoms with Gasteiger partial charge in [-0.2, -0.15) is 0 Å². The summed E-state index contributed by atoms with van der Waals surface area (Å²) in [7, 11) is 1.61. The van der Waals surface area contributed by atoms with Gasteiger partial charge in [-0.25, -0.2) is 4.98 Å². The van der Waals surface area contributed by atoms with Crippen LogP contribution in [0.2, 0.25) is 0 Å². The van der Waals surface area contributed by atoms with E-state index in [1.54, 1.807) is 30.8 Å². The van der Waals surface area contributed by atoms with Crippen LogP contribution in [0.5, 0.6) is 11.5 Å². The molecule has 0 atom stereocenters. The Bertz CT molecular complexity index is 1190. The van der Waals surface area contributed by atoms with E-state index in [-0.39, 0.29) is 5.91 Å². The fourth-order valence-corrected chi connectivity index (χ4v) is 5.57. The number of ether oxygens (including phenoxy) is 2. The molecule has 1 N–H and O–H groups in total. The Balaban J connectivity index is 1.37. The summed E-state index contributed by atoms with van der Waals surface area (Å²) < 4.78 is 12.4. The van der Waals surface area contributed by atoms with Crippen molar-refractivity contribution in [3.05, 3.63) is 64.8 Å². The van der Waals surface area contributed by atoms with Crippen molar-refractivity contribution in [3.8, 4) is 11.5 Å². The molecule has 0 saturated heterocycles. The van der Waals surface area contributed by atoms with Gasteiger partial charge in [0, 0.05) is 32.0 Å². The number of hydrogen-bond donors (Lipinski definition) is 1. The van der Waals surface area contributed by atoms with E-state index in [4.69, 9.17) is 14.5 Å². The van der Waals surface area contributed by atoms with Crippen LogP contribution in [0.15, 0.2) is 48.8 Å². The lowest BCUT2D eigenvalue weighted by Crippen LogP contribution is -2.22. The molecule has 0 aliphatic heterocycles. The second kappa shape index (κ2) is 10.6. The highest BCUT2D eigenvalue weighted by Crippen LogP contribution is 2.34. The minimum atomic E-state index is -0.105. The Morgan fingerprint density at radius 3 is 2.52 bits per heavy atom. The summed E-state index contributed by atoms with van der Waals surface area (Å²) in [5.41, 5.74) is 1.95. The zero-order valence-corrected chi connectivity index (χ0v) is 20.5. The van der Waals surface area contributed by atoms with Gasteiger partial charge in [0.2, 0.25) is 0 Å². The number of rotatable bonds is 10. The maximum absolute atomic E-state index is 12.7. The quantitative estimate of drug-likeness (QED) is 0.338. The first-order valence-corrected chi connectivity index (χ1v) is 12.4. The van der Waals surface area contributed by atoms with Crippen molar-refractivity contribution in [3.63, 3.8) is 0 Å². The third kappa shape index (κ3) is 5.43. The number of anilines is 1. The minimum Gasteiger partial charge on any atom is -0.493 e. The highest BCUT2D eigenvalue weighted by molar-refractivity contribution is 7.29. The predicted molar refractivity (Wildman–Crippen MR) is 134 cm³/mol. The van der Waals surface area contributed by atoms with Crippen LogP contribution < -0.4 is 19.7 Å². The standard InChI is InChI=1S/C24H26N4O3S2/c1-4-28(5-2)24-27-23-21(33-24)13-20(32-23)22(29)26-14-17-6-7-18(19(12-17)30-3)31-15-16-8-10-25-11-9-16/h6-13H,4-5,14-15H2,1-3H3,(H,26,29). The maximum atomic E-state index is 12.7. The molecule has 172 valence electrons. The predicted octanol–water partition coefficient (Wildman–Crippen LogP) is 5.12. The Morgan fingerprint density at radius 2 is 1.82 bits per heavy atom. The van der Waals surface area contributed by atoms with Crippen LogP contribution in [-0.2, 0) is 13.2 Å². The van der Waals surface area contributed by atoms with Crippen LogP contribution in [0.3, 0.4) is 0 Å². The molecular weight excluding hydrogens is 456 g/mol. The summed E-state index contributed by atoms with van der Waals surface area (Å²) in [6.07, 6.45) is 3.47. The van der Waals surface area contributed by atoms with Gasteiger partial charge >= 0.3 is 0 Å². The lowest BCUT2D eigenvalue weighted by molar-refractivity contribution is 0.0955. The Morgan fingerprint density at radius 1 is 1.03 bits per heavy atom. The van der Waals surface area contributed by atoms with E-state index < -0.39 is 0 Å². The van der Waals surface area contributed by atoms with E-state index in [2.05, 4.69) is 29.0 Å². The molecule has 1 amide bonds. The van der Waals surface area contributed by atoms with Crippen molar-refractivity contribution < 1.29 is 14.3 Å². The average molecular weight is 483 g/mol. The summed E-state index contributed by atoms with van der Waals surface area (Å²) >= 11 is 3.05. The molecule has 0 aliphatic carbocycles. The molecule has 4 aromatic rings. The van der Waals surface area contributed by atoms with Crippen molar-refractivity contribution in [1.29, 1.82) is 0 Å². The summed E-state index contributed by atoms with van der Waals surface area (Å²) in [6, 6.07) is 11.4. The van der Waals surface area contributed by atoms with Crippen LogP contribution in [0.1, 0.15) is 34.6 Å². The lowest BCUT2D eigenvalue weighted by atomic mass is 10.2. The van der Waals surface area contributed by atoms with Gasteiger partial charge in [-0.05, 0) is 55.3 Å². The molecule has 0 fully saturated rings. The van der Waals surface area contributed by atoms with E-state index in [1.807, 2.05) is 36.4 Å². The number of methoxy groups -OCH3 is 1. The minimum absolute atomic E-state index is 0.105. The Hall–Kier alpha value is -3.17. The van der Waals surface area contributed by atoms with E-state index >= 15 is 0 Å². The molecule has 0 spiro atoms. The van der Waals surface area contributed by atoms with E-state index in [9.17, 15) is 4.79 Å². The number of thiophene rings is 1. The fourth-order valence-electron chi connectivity index (χ4n) is 3.32. The molecule has 4 rings (SSSR count). The smallest absolute Gasteiger partial charge is 0.261 e. The van der Waals surface area contributed by atoms with Crippen molar-refractivity contribution >= 4 is 43.2 Å². The second-order valence-electron chi connectivity index (χ2n) is 7.26. The number of thiazole rings is 1. The van der Waals surface area contributed by atoms with Crippen LogP contribution in [0.25, 0.3) is 9.53 Å². The van der Waals surface area contributed by atoms with Gasteiger partial charge in [0.1, 0.15) is 11.4 Å². The molecule has 1 aromatic carbocycles. The zero-order valence-electron chi connectivity index (χ0n) is 18.8. The molecule has 0 radical (unpaired) electrons. The van der Waals surface area contributed by atoms with Crippen LogP contribution >= 0.6 is 22.7 Å². The Labute approximate surface area is 201 Å². The van der Waals surface area contributed by atoms with Gasteiger partial charge in [-0.1, -0.05) is 17.4 Å². The number of nitrogens with one attached hydrogen (secondary N) is 1. The number of benzene rings is 1. The molecule has 3 heterocycles. The number of carbonyl (C=O) groups excluding carboxylic acids is 1. The first-order chi connectivity index (χ1) is 16.1. The fraction of sp³-hybridized carbons (Fsp3) is 0.292. The molecule has 0 bridgehead atoms. The van der Waals surface area contributed by atoms with Gasteiger partial charge in [0.05, 0.1) is 16.7 Å². The average Bonchev–Trinajstić information content (AvgIpc) is 3.42. The number of hydrogen-bond acceptors (Lipinski definition) is 8. The van der Waals surface area contributed by atoms with Crippen LogP contribution in [0, 0.1) is 0 Å². The molecule has 0 saturated carbocycles. The highest BCUT2D eigenvalue weighted by atomic mass is 32.1. The number of aromatic nitrogens is 2. The van der Waals surface area contributed by atoms with Gasteiger partial charge in [-0.15, -0.1) is 11.3 Å². The zero-order chi connectivity index (χ0) is 23.2. The van der Waals surface area contributed by atoms with Crippen molar-refractivity contribution in [2.24, 2.45) is 0 Å². The summed E-state index contributed by atoms with van der Waals surface area (Å²) in [4.78, 5) is 25.2. The van der Waals surface area contributed by atoms with E-state index in [0.717, 1.165) is 38.9 Å². The van der Waals surface area contributed by atoms with Gasteiger partial charge in [-0.3, -0.25) is 9.78 Å².